The number of carbonyl (C=O) groups excluding carboxylic acids is 3. The Morgan fingerprint density at radius 2 is 1.78 bits per heavy atom. The summed E-state index contributed by atoms with van der Waals surface area (Å²) in [5, 5.41) is 2.39. The number of amides is 3. The number of imide groups is 1. The summed E-state index contributed by atoms with van der Waals surface area (Å²) in [6, 6.07) is 12.4. The minimum absolute atomic E-state index is 0. The molecule has 10 heteroatoms. The third-order valence-corrected chi connectivity index (χ3v) is 14.2. The van der Waals surface area contributed by atoms with Crippen molar-refractivity contribution in [3.63, 3.8) is 0 Å². The topological polar surface area (TPSA) is 114 Å². The van der Waals surface area contributed by atoms with Gasteiger partial charge in [0.05, 0.1) is 6.61 Å². The fourth-order valence-corrected chi connectivity index (χ4v) is 10.5. The van der Waals surface area contributed by atoms with Crippen molar-refractivity contribution in [1.29, 1.82) is 0 Å². The van der Waals surface area contributed by atoms with Crippen LogP contribution in [0, 0.1) is 83.0 Å². The van der Waals surface area contributed by atoms with E-state index in [1.807, 2.05) is 18.2 Å². The van der Waals surface area contributed by atoms with Gasteiger partial charge in [-0.05, 0) is 122 Å². The van der Waals surface area contributed by atoms with Crippen molar-refractivity contribution in [1.82, 2.24) is 15.1 Å². The Bertz CT molecular complexity index is 2000. The first-order valence-electron chi connectivity index (χ1n) is 21.2. The van der Waals surface area contributed by atoms with Crippen LogP contribution in [0.5, 0.6) is 5.75 Å². The third kappa shape index (κ3) is 8.78. The van der Waals surface area contributed by atoms with Crippen LogP contribution < -0.4 is 15.0 Å². The molecule has 2 aromatic carbocycles. The fraction of sp³-hybridized carbons (Fsp3) is 0.500. The molecule has 0 aromatic heterocycles. The van der Waals surface area contributed by atoms with Crippen LogP contribution in [-0.4, -0.2) is 78.4 Å². The fourth-order valence-electron chi connectivity index (χ4n) is 10.5. The maximum Gasteiger partial charge on any atom is 2.00 e. The standard InChI is InChI=1S/C48H56N4O4.H2O.Th/c1-4-38-30(2)10-13-39(32-8-6-5-7-9-32)46(38)41-15-12-37(27-43(41)42-24-31(42)3)56-29-35-25-33(35)18-19-50-20-22-51(23-21-50)36-11-14-40-34(26-36)28-52(48(40)55)44-16-17-45(53)49-47(44)54;;/h1,4-8,11-12,14-15,26-27,31-33,35,39,42,44,46H,2,9-10,13,16-25,28-29H2,3H3,(H,49,53,54);1H2;/q-2;;+2/t31?,32?,33-,35+,39-,42+,44?,46-;;/m1../s1. The quantitative estimate of drug-likeness (QED) is 0.187. The predicted octanol–water partition coefficient (Wildman–Crippen LogP) is 6.72. The molecule has 0 spiro atoms. The van der Waals surface area contributed by atoms with Crippen LogP contribution in [0.3, 0.4) is 0 Å². The number of piperidine rings is 1. The van der Waals surface area contributed by atoms with E-state index in [1.54, 1.807) is 4.90 Å². The number of nitrogens with zero attached hydrogens (tertiary/aromatic N) is 3. The summed E-state index contributed by atoms with van der Waals surface area (Å²) in [6.07, 6.45) is 18.5. The number of allylic oxidation sites excluding steroid dienone is 7. The van der Waals surface area contributed by atoms with Crippen LogP contribution in [0.15, 0.2) is 77.9 Å². The molecule has 2 saturated heterocycles. The summed E-state index contributed by atoms with van der Waals surface area (Å²) < 4.78 is 6.56. The van der Waals surface area contributed by atoms with Gasteiger partial charge in [0.15, 0.2) is 0 Å². The van der Waals surface area contributed by atoms with Crippen LogP contribution in [-0.2, 0) is 16.1 Å². The Balaban J connectivity index is 0.00000256. The van der Waals surface area contributed by atoms with Gasteiger partial charge >= 0.3 is 39.9 Å². The van der Waals surface area contributed by atoms with Crippen molar-refractivity contribution in [3.05, 3.63) is 114 Å². The Labute approximate surface area is 376 Å². The van der Waals surface area contributed by atoms with Crippen LogP contribution in [0.4, 0.5) is 5.69 Å². The molecule has 3 N–H and O–H groups in total. The molecule has 304 valence electrons. The Kier molecular flexibility index (Phi) is 13.4. The zero-order chi connectivity index (χ0) is 38.5. The molecule has 9 rings (SSSR count). The SMILES string of the molecule is O.[CH-]=CC1=C([CH2-])CC[C@H](C2C=CC=CC2)[C@@H]1c1ccc(OC[C@@H]2C[C@H]2CCN2CCN(c3ccc4c(c3)CN(C3CCC(=O)NC3=O)C4=O)CC2)cc1[C@H]1CC1C.[Th+2]. The smallest absolute Gasteiger partial charge is 0.493 e. The second-order valence-corrected chi connectivity index (χ2v) is 17.7. The van der Waals surface area contributed by atoms with E-state index >= 15 is 0 Å². The minimum Gasteiger partial charge on any atom is -0.493 e. The van der Waals surface area contributed by atoms with Crippen molar-refractivity contribution in [2.45, 2.75) is 82.7 Å². The Morgan fingerprint density at radius 1 is 0.966 bits per heavy atom. The summed E-state index contributed by atoms with van der Waals surface area (Å²) in [4.78, 5) is 43.9. The maximum atomic E-state index is 13.1. The number of carbonyl (C=O) groups is 3. The number of hydrogen-bond donors (Lipinski definition) is 1. The van der Waals surface area contributed by atoms with E-state index < -0.39 is 6.04 Å². The average molecular weight is 1000 g/mol. The monoisotopic (exact) mass is 1000 g/mol. The van der Waals surface area contributed by atoms with E-state index in [2.05, 4.69) is 77.5 Å². The van der Waals surface area contributed by atoms with E-state index in [-0.39, 0.29) is 75.5 Å². The Morgan fingerprint density at radius 3 is 2.50 bits per heavy atom. The van der Waals surface area contributed by atoms with E-state index in [0.29, 0.717) is 48.1 Å². The van der Waals surface area contributed by atoms with E-state index in [9.17, 15) is 14.4 Å². The number of anilines is 1. The molecule has 2 aromatic rings. The normalized spacial score (nSPS) is 30.3. The van der Waals surface area contributed by atoms with Gasteiger partial charge in [-0.2, -0.15) is 0 Å². The number of benzene rings is 2. The van der Waals surface area contributed by atoms with Crippen molar-refractivity contribution in [3.8, 4) is 5.75 Å². The van der Waals surface area contributed by atoms with E-state index in [1.165, 1.54) is 41.5 Å². The van der Waals surface area contributed by atoms with Gasteiger partial charge in [-0.3, -0.25) is 31.2 Å². The van der Waals surface area contributed by atoms with Gasteiger partial charge < -0.3 is 20.0 Å². The molecule has 3 aliphatic heterocycles. The maximum absolute atomic E-state index is 13.1. The molecule has 4 aliphatic carbocycles. The molecule has 8 atom stereocenters. The largest absolute Gasteiger partial charge is 2.00 e. The first kappa shape index (κ1) is 42.8. The first-order chi connectivity index (χ1) is 27.2. The van der Waals surface area contributed by atoms with Gasteiger partial charge in [0.25, 0.3) is 5.91 Å². The number of ether oxygens (including phenoxy) is 1. The molecule has 3 unspecified atom stereocenters. The van der Waals surface area contributed by atoms with Gasteiger partial charge in [0, 0.05) is 50.4 Å². The number of fused-ring (bicyclic) bond motifs is 1. The zero-order valence-corrected chi connectivity index (χ0v) is 37.9. The third-order valence-electron chi connectivity index (χ3n) is 14.2. The molecule has 0 bridgehead atoms. The van der Waals surface area contributed by atoms with Crippen molar-refractivity contribution in [2.24, 2.45) is 29.6 Å². The van der Waals surface area contributed by atoms with Crippen LogP contribution in [0.25, 0.3) is 0 Å². The summed E-state index contributed by atoms with van der Waals surface area (Å²) in [5.41, 5.74) is 8.08. The van der Waals surface area contributed by atoms with Gasteiger partial charge in [0.2, 0.25) is 11.8 Å². The molecule has 7 aliphatic rings. The van der Waals surface area contributed by atoms with Gasteiger partial charge in [0.1, 0.15) is 11.8 Å². The summed E-state index contributed by atoms with van der Waals surface area (Å²) in [7, 11) is 0. The van der Waals surface area contributed by atoms with Crippen LogP contribution >= 0.6 is 0 Å². The average Bonchev–Trinajstić information content (AvgIpc) is 4.13. The number of rotatable bonds is 12. The van der Waals surface area contributed by atoms with Gasteiger partial charge in [-0.1, -0.05) is 55.2 Å². The second kappa shape index (κ2) is 18.1. The Hall–Kier alpha value is -3.28. The molecule has 3 heterocycles. The molecule has 58 heavy (non-hydrogen) atoms. The number of piperazine rings is 1. The van der Waals surface area contributed by atoms with Crippen LogP contribution in [0.1, 0.15) is 97.2 Å². The molecule has 2 saturated carbocycles. The van der Waals surface area contributed by atoms with Crippen LogP contribution in [0.2, 0.25) is 0 Å². The minimum atomic E-state index is -0.584. The number of hydrogen-bond acceptors (Lipinski definition) is 6. The van der Waals surface area contributed by atoms with Gasteiger partial charge in [-0.15, -0.1) is 0 Å². The van der Waals surface area contributed by atoms with Gasteiger partial charge in [-0.25, -0.2) is 24.1 Å². The second-order valence-electron chi connectivity index (χ2n) is 17.7. The molecular formula is C48H58N4O5Th. The zero-order valence-electron chi connectivity index (χ0n) is 33.8. The van der Waals surface area contributed by atoms with Crippen molar-refractivity contribution in [2.75, 3.05) is 44.2 Å². The molecular weight excluding hydrogens is 945 g/mol. The molecule has 0 radical (unpaired) electrons. The van der Waals surface area contributed by atoms with Crippen molar-refractivity contribution >= 4 is 23.4 Å². The van der Waals surface area contributed by atoms with E-state index in [0.717, 1.165) is 81.5 Å². The number of nitrogens with one attached hydrogen (secondary N) is 1. The molecule has 9 nitrogen and oxygen atoms in total. The van der Waals surface area contributed by atoms with Crippen molar-refractivity contribution < 1.29 is 64.5 Å². The summed E-state index contributed by atoms with van der Waals surface area (Å²) in [6.45, 7) is 19.4. The predicted molar refractivity (Wildman–Crippen MR) is 223 cm³/mol. The first-order valence-corrected chi connectivity index (χ1v) is 21.2. The summed E-state index contributed by atoms with van der Waals surface area (Å²) >= 11 is 0. The van der Waals surface area contributed by atoms with E-state index in [4.69, 9.17) is 11.3 Å². The molecule has 4 fully saturated rings. The molecule has 3 amide bonds. The summed E-state index contributed by atoms with van der Waals surface area (Å²) in [5.74, 6) is 4.18.